The molecule has 0 spiro atoms. The molecule has 0 aliphatic heterocycles. The van der Waals surface area contributed by atoms with E-state index in [1.807, 2.05) is 0 Å². The third kappa shape index (κ3) is 4.89. The van der Waals surface area contributed by atoms with Crippen LogP contribution in [0.15, 0.2) is 12.4 Å². The summed E-state index contributed by atoms with van der Waals surface area (Å²) in [5.41, 5.74) is 16.1. The Morgan fingerprint density at radius 3 is 2.12 bits per heavy atom. The summed E-state index contributed by atoms with van der Waals surface area (Å²) in [6.07, 6.45) is 2.85. The Morgan fingerprint density at radius 2 is 1.71 bits per heavy atom. The van der Waals surface area contributed by atoms with Gasteiger partial charge < -0.3 is 17.2 Å². The summed E-state index contributed by atoms with van der Waals surface area (Å²) in [6.45, 7) is 0.100. The molecule has 8 heteroatoms. The molecule has 0 saturated heterocycles. The average Bonchev–Trinajstić information content (AvgIpc) is 2.19. The predicted octanol–water partition coefficient (Wildman–Crippen LogP) is -2.17. The maximum absolute atomic E-state index is 10.8. The quantitative estimate of drug-likeness (QED) is 0.515. The molecule has 0 aliphatic rings. The van der Waals surface area contributed by atoms with Crippen LogP contribution in [0, 0.1) is 0 Å². The first-order valence-corrected chi connectivity index (χ1v) is 4.82. The molecule has 1 aromatic heterocycles. The number of nitrogens with two attached hydrogens (primary N) is 3. The highest BCUT2D eigenvalue weighted by molar-refractivity contribution is 5.79. The van der Waals surface area contributed by atoms with Crippen LogP contribution in [0.25, 0.3) is 0 Å². The Kier molecular flexibility index (Phi) is 4.35. The number of hydrogen-bond donors (Lipinski definition) is 3. The maximum atomic E-state index is 10.8. The second kappa shape index (κ2) is 5.75. The number of hydrogen-bond acceptors (Lipinski definition) is 6. The van der Waals surface area contributed by atoms with Crippen molar-refractivity contribution in [3.63, 3.8) is 0 Å². The summed E-state index contributed by atoms with van der Waals surface area (Å²) in [5.74, 6) is -0.797. The largest absolute Gasteiger partial charge is 0.382 e. The molecule has 92 valence electrons. The molecule has 0 aliphatic carbocycles. The lowest BCUT2D eigenvalue weighted by atomic mass is 10.3. The molecule has 8 nitrogen and oxygen atoms in total. The van der Waals surface area contributed by atoms with E-state index in [0.717, 1.165) is 0 Å². The van der Waals surface area contributed by atoms with Crippen molar-refractivity contribution in [3.8, 4) is 0 Å². The predicted molar refractivity (Wildman–Crippen MR) is 60.1 cm³/mol. The number of rotatable bonds is 6. The molecule has 0 unspecified atom stereocenters. The number of nitrogen functional groups attached to an aromatic ring is 1. The van der Waals surface area contributed by atoms with E-state index in [9.17, 15) is 9.59 Å². The van der Waals surface area contributed by atoms with Crippen molar-refractivity contribution in [2.24, 2.45) is 11.5 Å². The van der Waals surface area contributed by atoms with E-state index in [4.69, 9.17) is 17.2 Å². The van der Waals surface area contributed by atoms with E-state index in [-0.39, 0.29) is 19.6 Å². The van der Waals surface area contributed by atoms with Crippen LogP contribution in [0.1, 0.15) is 5.69 Å². The SMILES string of the molecule is NC(=O)CN(CC(N)=O)Cc1cnc(N)cn1. The van der Waals surface area contributed by atoms with Crippen molar-refractivity contribution in [1.82, 2.24) is 14.9 Å². The van der Waals surface area contributed by atoms with Crippen LogP contribution in [-0.2, 0) is 16.1 Å². The van der Waals surface area contributed by atoms with E-state index in [0.29, 0.717) is 11.5 Å². The summed E-state index contributed by atoms with van der Waals surface area (Å²) in [4.78, 5) is 30.9. The van der Waals surface area contributed by atoms with Crippen molar-refractivity contribution in [2.75, 3.05) is 18.8 Å². The summed E-state index contributed by atoms with van der Waals surface area (Å²) in [7, 11) is 0. The van der Waals surface area contributed by atoms with Gasteiger partial charge in [-0.05, 0) is 0 Å². The molecular weight excluding hydrogens is 224 g/mol. The molecule has 1 rings (SSSR count). The topological polar surface area (TPSA) is 141 Å². The molecule has 0 saturated carbocycles. The maximum Gasteiger partial charge on any atom is 0.231 e. The monoisotopic (exact) mass is 238 g/mol. The van der Waals surface area contributed by atoms with Gasteiger partial charge in [0.1, 0.15) is 5.82 Å². The van der Waals surface area contributed by atoms with Crippen LogP contribution < -0.4 is 17.2 Å². The minimum Gasteiger partial charge on any atom is -0.382 e. The van der Waals surface area contributed by atoms with Crippen LogP contribution in [0.4, 0.5) is 5.82 Å². The van der Waals surface area contributed by atoms with Crippen molar-refractivity contribution in [2.45, 2.75) is 6.54 Å². The van der Waals surface area contributed by atoms with Crippen molar-refractivity contribution in [3.05, 3.63) is 18.1 Å². The summed E-state index contributed by atoms with van der Waals surface area (Å²) < 4.78 is 0. The molecule has 0 aromatic carbocycles. The number of carbonyl (C=O) groups excluding carboxylic acids is 2. The summed E-state index contributed by atoms with van der Waals surface area (Å²) in [6, 6.07) is 0. The Morgan fingerprint density at radius 1 is 1.12 bits per heavy atom. The molecule has 2 amide bonds. The molecule has 0 radical (unpaired) electrons. The van der Waals surface area contributed by atoms with E-state index in [2.05, 4.69) is 9.97 Å². The smallest absolute Gasteiger partial charge is 0.231 e. The van der Waals surface area contributed by atoms with Crippen LogP contribution in [0.2, 0.25) is 0 Å². The fourth-order valence-electron chi connectivity index (χ4n) is 1.28. The third-order valence-corrected chi connectivity index (χ3v) is 1.87. The number of anilines is 1. The van der Waals surface area contributed by atoms with Gasteiger partial charge in [-0.2, -0.15) is 0 Å². The molecule has 1 aromatic rings. The van der Waals surface area contributed by atoms with E-state index >= 15 is 0 Å². The van der Waals surface area contributed by atoms with Crippen LogP contribution in [-0.4, -0.2) is 39.8 Å². The number of nitrogens with zero attached hydrogens (tertiary/aromatic N) is 3. The van der Waals surface area contributed by atoms with Gasteiger partial charge in [0, 0.05) is 6.54 Å². The van der Waals surface area contributed by atoms with Gasteiger partial charge in [0.15, 0.2) is 0 Å². The minimum absolute atomic E-state index is 0.0744. The Bertz CT molecular complexity index is 388. The molecular formula is C9H14N6O2. The normalized spacial score (nSPS) is 10.4. The zero-order valence-corrected chi connectivity index (χ0v) is 9.17. The van der Waals surface area contributed by atoms with Crippen molar-refractivity contribution in [1.29, 1.82) is 0 Å². The third-order valence-electron chi connectivity index (χ3n) is 1.87. The van der Waals surface area contributed by atoms with Crippen LogP contribution >= 0.6 is 0 Å². The van der Waals surface area contributed by atoms with Gasteiger partial charge in [-0.15, -0.1) is 0 Å². The van der Waals surface area contributed by atoms with Crippen molar-refractivity contribution < 1.29 is 9.59 Å². The lowest BCUT2D eigenvalue weighted by Crippen LogP contribution is -2.39. The molecule has 17 heavy (non-hydrogen) atoms. The molecule has 1 heterocycles. The summed E-state index contributed by atoms with van der Waals surface area (Å²) in [5, 5.41) is 0. The first-order chi connectivity index (χ1) is 7.97. The highest BCUT2D eigenvalue weighted by atomic mass is 16.2. The van der Waals surface area contributed by atoms with Gasteiger partial charge in [-0.1, -0.05) is 0 Å². The Hall–Kier alpha value is -2.22. The van der Waals surface area contributed by atoms with Gasteiger partial charge in [-0.25, -0.2) is 4.98 Å². The molecule has 6 N–H and O–H groups in total. The summed E-state index contributed by atoms with van der Waals surface area (Å²) >= 11 is 0. The van der Waals surface area contributed by atoms with E-state index in [1.165, 1.54) is 17.3 Å². The highest BCUT2D eigenvalue weighted by Crippen LogP contribution is 2.01. The van der Waals surface area contributed by atoms with Crippen molar-refractivity contribution >= 4 is 17.6 Å². The number of amides is 2. The second-order valence-corrected chi connectivity index (χ2v) is 3.51. The van der Waals surface area contributed by atoms with Crippen LogP contribution in [0.5, 0.6) is 0 Å². The van der Waals surface area contributed by atoms with Gasteiger partial charge in [0.05, 0.1) is 31.2 Å². The standard InChI is InChI=1S/C9H14N6O2/c10-7-2-13-6(1-14-7)3-15(4-8(11)16)5-9(12)17/h1-2H,3-5H2,(H2,10,14)(H2,11,16)(H2,12,17). The fraction of sp³-hybridized carbons (Fsp3) is 0.333. The lowest BCUT2D eigenvalue weighted by Gasteiger charge is -2.17. The van der Waals surface area contributed by atoms with E-state index < -0.39 is 11.8 Å². The van der Waals surface area contributed by atoms with E-state index in [1.54, 1.807) is 0 Å². The number of aromatic nitrogens is 2. The van der Waals surface area contributed by atoms with Gasteiger partial charge in [-0.3, -0.25) is 19.5 Å². The zero-order valence-electron chi connectivity index (χ0n) is 9.17. The fourth-order valence-corrected chi connectivity index (χ4v) is 1.28. The first kappa shape index (κ1) is 12.8. The first-order valence-electron chi connectivity index (χ1n) is 4.82. The molecule has 0 atom stereocenters. The average molecular weight is 238 g/mol. The highest BCUT2D eigenvalue weighted by Gasteiger charge is 2.12. The Balaban J connectivity index is 2.67. The Labute approximate surface area is 97.8 Å². The van der Waals surface area contributed by atoms with Crippen LogP contribution in [0.3, 0.4) is 0 Å². The number of primary amides is 2. The van der Waals surface area contributed by atoms with Gasteiger partial charge in [0.2, 0.25) is 11.8 Å². The minimum atomic E-state index is -0.547. The lowest BCUT2D eigenvalue weighted by molar-refractivity contribution is -0.122. The number of carbonyl (C=O) groups is 2. The van der Waals surface area contributed by atoms with Gasteiger partial charge in [0.25, 0.3) is 0 Å². The molecule has 0 bridgehead atoms. The zero-order chi connectivity index (χ0) is 12.8. The molecule has 0 fully saturated rings. The second-order valence-electron chi connectivity index (χ2n) is 3.51. The van der Waals surface area contributed by atoms with Gasteiger partial charge >= 0.3 is 0 Å².